The van der Waals surface area contributed by atoms with Crippen LogP contribution >= 0.6 is 0 Å². The fourth-order valence-electron chi connectivity index (χ4n) is 3.47. The van der Waals surface area contributed by atoms with Gasteiger partial charge in [-0.1, -0.05) is 6.07 Å². The molecule has 1 atom stereocenters. The van der Waals surface area contributed by atoms with Crippen molar-refractivity contribution in [2.24, 2.45) is 15.7 Å². The van der Waals surface area contributed by atoms with E-state index in [0.29, 0.717) is 12.4 Å². The van der Waals surface area contributed by atoms with Crippen molar-refractivity contribution in [1.29, 1.82) is 0 Å². The number of phenols is 1. The van der Waals surface area contributed by atoms with E-state index in [-0.39, 0.29) is 11.9 Å². The topological polar surface area (TPSA) is 115 Å². The third kappa shape index (κ3) is 2.63. The number of aromatic hydroxyl groups is 1. The Bertz CT molecular complexity index is 1110. The van der Waals surface area contributed by atoms with Gasteiger partial charge in [0, 0.05) is 29.8 Å². The van der Waals surface area contributed by atoms with Gasteiger partial charge in [0.15, 0.2) is 6.17 Å². The summed E-state index contributed by atoms with van der Waals surface area (Å²) in [4.78, 5) is 16.2. The van der Waals surface area contributed by atoms with E-state index in [1.807, 2.05) is 35.5 Å². The molecule has 1 aromatic carbocycles. The van der Waals surface area contributed by atoms with E-state index in [0.717, 1.165) is 33.4 Å². The maximum Gasteiger partial charge on any atom is 0.152 e. The average Bonchev–Trinajstić information content (AvgIpc) is 3.25. The number of aromatic nitrogens is 2. The van der Waals surface area contributed by atoms with E-state index >= 15 is 0 Å². The molecule has 5 rings (SSSR count). The van der Waals surface area contributed by atoms with E-state index in [4.69, 9.17) is 5.73 Å². The predicted molar refractivity (Wildman–Crippen MR) is 104 cm³/mol. The molecule has 134 valence electrons. The fourth-order valence-corrected chi connectivity index (χ4v) is 3.47. The van der Waals surface area contributed by atoms with Crippen LogP contribution in [0.2, 0.25) is 0 Å². The monoisotopic (exact) mass is 359 g/mol. The number of pyridine rings is 1. The predicted octanol–water partition coefficient (Wildman–Crippen LogP) is 1.73. The van der Waals surface area contributed by atoms with Gasteiger partial charge in [-0.05, 0) is 35.9 Å². The number of aliphatic imine (C=N–C) groups is 2. The van der Waals surface area contributed by atoms with Crippen LogP contribution in [-0.4, -0.2) is 38.4 Å². The summed E-state index contributed by atoms with van der Waals surface area (Å²) in [6.07, 6.45) is 4.81. The van der Waals surface area contributed by atoms with Crippen molar-refractivity contribution in [3.05, 3.63) is 65.6 Å². The summed E-state index contributed by atoms with van der Waals surface area (Å²) in [5.74, 6) is 0.664. The van der Waals surface area contributed by atoms with Gasteiger partial charge < -0.3 is 21.2 Å². The second kappa shape index (κ2) is 5.96. The smallest absolute Gasteiger partial charge is 0.152 e. The summed E-state index contributed by atoms with van der Waals surface area (Å²) in [6, 6.07) is 11.1. The van der Waals surface area contributed by atoms with Crippen LogP contribution in [0.5, 0.6) is 5.75 Å². The number of nitrogens with two attached hydrogens (primary N) is 1. The summed E-state index contributed by atoms with van der Waals surface area (Å²) < 4.78 is 0. The second-order valence-electron chi connectivity index (χ2n) is 6.50. The van der Waals surface area contributed by atoms with E-state index in [1.165, 1.54) is 6.34 Å². The van der Waals surface area contributed by atoms with Gasteiger partial charge in [-0.25, -0.2) is 9.98 Å². The van der Waals surface area contributed by atoms with Gasteiger partial charge in [0.1, 0.15) is 17.9 Å². The molecule has 2 aromatic heterocycles. The highest BCUT2D eigenvalue weighted by molar-refractivity contribution is 6.09. The van der Waals surface area contributed by atoms with Crippen molar-refractivity contribution < 1.29 is 5.11 Å². The molecule has 0 amide bonds. The SMILES string of the molecule is NC1=NC=N[C@H]2C1=C(c1cc3cc(O)ccc3[nH]1)NN2Cc1cccnc1. The Hall–Kier alpha value is -3.65. The molecule has 2 aliphatic rings. The third-order valence-electron chi connectivity index (χ3n) is 4.71. The molecule has 0 unspecified atom stereocenters. The van der Waals surface area contributed by atoms with Gasteiger partial charge in [0.2, 0.25) is 0 Å². The van der Waals surface area contributed by atoms with Crippen molar-refractivity contribution in [3.63, 3.8) is 0 Å². The highest BCUT2D eigenvalue weighted by Gasteiger charge is 2.36. The first-order chi connectivity index (χ1) is 13.2. The Balaban J connectivity index is 1.56. The number of aromatic amines is 1. The molecule has 0 bridgehead atoms. The molecule has 0 spiro atoms. The lowest BCUT2D eigenvalue weighted by atomic mass is 10.1. The van der Waals surface area contributed by atoms with Crippen molar-refractivity contribution in [2.45, 2.75) is 12.7 Å². The van der Waals surface area contributed by atoms with E-state index in [2.05, 4.69) is 25.4 Å². The number of H-pyrrole nitrogens is 1. The highest BCUT2D eigenvalue weighted by Crippen LogP contribution is 2.32. The molecule has 0 saturated carbocycles. The number of rotatable bonds is 3. The minimum atomic E-state index is -0.266. The van der Waals surface area contributed by atoms with E-state index in [1.54, 1.807) is 18.3 Å². The lowest BCUT2D eigenvalue weighted by molar-refractivity contribution is 0.197. The van der Waals surface area contributed by atoms with Gasteiger partial charge in [0.25, 0.3) is 0 Å². The number of phenolic OH excluding ortho intramolecular Hbond substituents is 1. The number of hydrogen-bond acceptors (Lipinski definition) is 7. The van der Waals surface area contributed by atoms with Crippen molar-refractivity contribution in [3.8, 4) is 5.75 Å². The molecule has 0 aliphatic carbocycles. The Morgan fingerprint density at radius 2 is 2.15 bits per heavy atom. The first-order valence-corrected chi connectivity index (χ1v) is 8.53. The van der Waals surface area contributed by atoms with Crippen molar-refractivity contribution in [1.82, 2.24) is 20.4 Å². The maximum atomic E-state index is 9.73. The molecule has 0 saturated heterocycles. The number of nitrogens with one attached hydrogen (secondary N) is 2. The second-order valence-corrected chi connectivity index (χ2v) is 6.50. The van der Waals surface area contributed by atoms with Crippen LogP contribution in [0.25, 0.3) is 16.6 Å². The number of benzene rings is 1. The summed E-state index contributed by atoms with van der Waals surface area (Å²) in [5, 5.41) is 12.6. The van der Waals surface area contributed by atoms with Crippen LogP contribution in [-0.2, 0) is 6.54 Å². The number of nitrogens with zero attached hydrogens (tertiary/aromatic N) is 4. The Morgan fingerprint density at radius 1 is 1.22 bits per heavy atom. The summed E-state index contributed by atoms with van der Waals surface area (Å²) in [5.41, 5.74) is 14.1. The minimum absolute atomic E-state index is 0.226. The van der Waals surface area contributed by atoms with Crippen molar-refractivity contribution in [2.75, 3.05) is 0 Å². The molecule has 3 aromatic rings. The zero-order valence-corrected chi connectivity index (χ0v) is 14.3. The van der Waals surface area contributed by atoms with Gasteiger partial charge in [-0.15, -0.1) is 0 Å². The van der Waals surface area contributed by atoms with Crippen molar-refractivity contribution >= 4 is 28.8 Å². The molecule has 8 nitrogen and oxygen atoms in total. The average molecular weight is 359 g/mol. The van der Waals surface area contributed by atoms with Gasteiger partial charge in [-0.2, -0.15) is 5.01 Å². The first kappa shape index (κ1) is 15.6. The summed E-state index contributed by atoms with van der Waals surface area (Å²) in [7, 11) is 0. The molecule has 8 heteroatoms. The first-order valence-electron chi connectivity index (χ1n) is 8.53. The van der Waals surface area contributed by atoms with E-state index < -0.39 is 0 Å². The van der Waals surface area contributed by atoms with Crippen LogP contribution in [0.4, 0.5) is 0 Å². The number of fused-ring (bicyclic) bond motifs is 2. The fraction of sp³-hybridized carbons (Fsp3) is 0.105. The minimum Gasteiger partial charge on any atom is -0.508 e. The van der Waals surface area contributed by atoms with Crippen LogP contribution in [0.3, 0.4) is 0 Å². The molecule has 0 fully saturated rings. The van der Waals surface area contributed by atoms with Crippen LogP contribution in [0.1, 0.15) is 11.3 Å². The molecule has 4 heterocycles. The van der Waals surface area contributed by atoms with Gasteiger partial charge >= 0.3 is 0 Å². The lowest BCUT2D eigenvalue weighted by Crippen LogP contribution is -2.40. The van der Waals surface area contributed by atoms with Crippen LogP contribution < -0.4 is 11.2 Å². The van der Waals surface area contributed by atoms with Gasteiger partial charge in [0.05, 0.1) is 17.0 Å². The number of hydrogen-bond donors (Lipinski definition) is 4. The highest BCUT2D eigenvalue weighted by atomic mass is 16.3. The summed E-state index contributed by atoms with van der Waals surface area (Å²) >= 11 is 0. The molecular weight excluding hydrogens is 342 g/mol. The van der Waals surface area contributed by atoms with E-state index in [9.17, 15) is 5.11 Å². The summed E-state index contributed by atoms with van der Waals surface area (Å²) in [6.45, 7) is 0.608. The normalized spacial score (nSPS) is 19.3. The molecule has 27 heavy (non-hydrogen) atoms. The molecule has 2 aliphatic heterocycles. The Kier molecular flexibility index (Phi) is 3.44. The van der Waals surface area contributed by atoms with Crippen LogP contribution in [0.15, 0.2) is 64.3 Å². The largest absolute Gasteiger partial charge is 0.508 e. The standard InChI is InChI=1S/C19H17N7O/c20-18-16-17(15-7-12-6-13(27)3-4-14(12)24-15)25-26(19(16)23-10-22-18)9-11-2-1-5-21-8-11/h1-8,10,19,24-25,27H,9H2,(H2,20,22,23)/t19-/m1/s1. The van der Waals surface area contributed by atoms with Gasteiger partial charge in [-0.3, -0.25) is 4.98 Å². The molecule has 0 radical (unpaired) electrons. The third-order valence-corrected chi connectivity index (χ3v) is 4.71. The zero-order chi connectivity index (χ0) is 18.4. The Morgan fingerprint density at radius 3 is 3.00 bits per heavy atom. The molecular formula is C19H17N7O. The maximum absolute atomic E-state index is 9.73. The quantitative estimate of drug-likeness (QED) is 0.568. The zero-order valence-electron chi connectivity index (χ0n) is 14.3. The number of amidine groups is 1. The Labute approximate surface area is 154 Å². The number of hydrazine groups is 1. The van der Waals surface area contributed by atoms with Crippen LogP contribution in [0, 0.1) is 0 Å². The molecule has 5 N–H and O–H groups in total. The lowest BCUT2D eigenvalue weighted by Gasteiger charge is -2.24.